The molecule has 0 saturated heterocycles. The van der Waals surface area contributed by atoms with Gasteiger partial charge in [-0.3, -0.25) is 4.79 Å². The predicted octanol–water partition coefficient (Wildman–Crippen LogP) is 4.82. The summed E-state index contributed by atoms with van der Waals surface area (Å²) in [6.07, 6.45) is 2.84. The summed E-state index contributed by atoms with van der Waals surface area (Å²) < 4.78 is 0. The van der Waals surface area contributed by atoms with Crippen molar-refractivity contribution in [3.8, 4) is 5.75 Å². The molecule has 1 unspecified atom stereocenters. The minimum absolute atomic E-state index is 0.123. The molecule has 3 rings (SSSR count). The number of nitrogens with one attached hydrogen (secondary N) is 1. The Morgan fingerprint density at radius 1 is 1.38 bits per heavy atom. The molecule has 0 aliphatic heterocycles. The van der Waals surface area contributed by atoms with E-state index in [-0.39, 0.29) is 28.3 Å². The van der Waals surface area contributed by atoms with E-state index in [9.17, 15) is 9.90 Å². The Kier molecular flexibility index (Phi) is 4.11. The standard InChI is InChI=1S/C15H13Cl2NO2S/c16-8-6-11(17)14(19)12(7-8)18-15(20)10-2-1-3-13-9(10)4-5-21-13/h4-7,10,19H,1-3H2,(H,18,20). The Balaban J connectivity index is 1.86. The summed E-state index contributed by atoms with van der Waals surface area (Å²) in [6.45, 7) is 0. The molecule has 2 aromatic rings. The van der Waals surface area contributed by atoms with Crippen LogP contribution in [0.4, 0.5) is 5.69 Å². The second kappa shape index (κ2) is 5.87. The van der Waals surface area contributed by atoms with Crippen LogP contribution in [-0.2, 0) is 11.2 Å². The van der Waals surface area contributed by atoms with E-state index in [1.807, 2.05) is 11.4 Å². The van der Waals surface area contributed by atoms with Gasteiger partial charge in [0.25, 0.3) is 0 Å². The zero-order valence-electron chi connectivity index (χ0n) is 11.0. The molecule has 0 spiro atoms. The highest BCUT2D eigenvalue weighted by Crippen LogP contribution is 2.38. The Morgan fingerprint density at radius 3 is 3.00 bits per heavy atom. The van der Waals surface area contributed by atoms with Crippen LogP contribution in [0.15, 0.2) is 23.6 Å². The maximum atomic E-state index is 12.5. The monoisotopic (exact) mass is 341 g/mol. The van der Waals surface area contributed by atoms with E-state index in [0.29, 0.717) is 5.02 Å². The van der Waals surface area contributed by atoms with Gasteiger partial charge < -0.3 is 10.4 Å². The highest BCUT2D eigenvalue weighted by atomic mass is 35.5. The lowest BCUT2D eigenvalue weighted by Crippen LogP contribution is -2.23. The molecule has 3 nitrogen and oxygen atoms in total. The van der Waals surface area contributed by atoms with Crippen molar-refractivity contribution in [1.82, 2.24) is 0 Å². The quantitative estimate of drug-likeness (QED) is 0.769. The number of aromatic hydroxyl groups is 1. The number of fused-ring (bicyclic) bond motifs is 1. The van der Waals surface area contributed by atoms with Crippen molar-refractivity contribution in [3.05, 3.63) is 44.1 Å². The van der Waals surface area contributed by atoms with Crippen molar-refractivity contribution in [1.29, 1.82) is 0 Å². The number of carbonyl (C=O) groups is 1. The SMILES string of the molecule is O=C(Nc1cc(Cl)cc(Cl)c1O)C1CCCc2sccc21. The van der Waals surface area contributed by atoms with Crippen LogP contribution >= 0.6 is 34.5 Å². The minimum Gasteiger partial charge on any atom is -0.504 e. The molecule has 1 aliphatic rings. The Morgan fingerprint density at radius 2 is 2.19 bits per heavy atom. The van der Waals surface area contributed by atoms with Crippen molar-refractivity contribution in [2.24, 2.45) is 0 Å². The fraction of sp³-hybridized carbons (Fsp3) is 0.267. The number of phenolic OH excluding ortho intramolecular Hbond substituents is 1. The number of aryl methyl sites for hydroxylation is 1. The molecule has 0 fully saturated rings. The Bertz CT molecular complexity index is 699. The number of benzene rings is 1. The van der Waals surface area contributed by atoms with Crippen LogP contribution in [0.3, 0.4) is 0 Å². The Labute approximate surface area is 136 Å². The number of rotatable bonds is 2. The molecule has 0 saturated carbocycles. The molecular formula is C15H13Cl2NO2S. The average Bonchev–Trinajstić information content (AvgIpc) is 2.92. The van der Waals surface area contributed by atoms with Gasteiger partial charge in [0, 0.05) is 9.90 Å². The average molecular weight is 342 g/mol. The van der Waals surface area contributed by atoms with Gasteiger partial charge in [0.2, 0.25) is 5.91 Å². The number of anilines is 1. The highest BCUT2D eigenvalue weighted by Gasteiger charge is 2.28. The van der Waals surface area contributed by atoms with Gasteiger partial charge in [0.1, 0.15) is 0 Å². The van der Waals surface area contributed by atoms with Crippen molar-refractivity contribution in [3.63, 3.8) is 0 Å². The number of hydrogen-bond acceptors (Lipinski definition) is 3. The normalized spacial score (nSPS) is 17.3. The van der Waals surface area contributed by atoms with E-state index < -0.39 is 0 Å². The molecule has 110 valence electrons. The van der Waals surface area contributed by atoms with Gasteiger partial charge in [0.05, 0.1) is 16.6 Å². The van der Waals surface area contributed by atoms with Crippen LogP contribution in [0, 0.1) is 0 Å². The number of phenols is 1. The predicted molar refractivity (Wildman–Crippen MR) is 86.8 cm³/mol. The smallest absolute Gasteiger partial charge is 0.232 e. The van der Waals surface area contributed by atoms with Gasteiger partial charge in [-0.15, -0.1) is 11.3 Å². The molecular weight excluding hydrogens is 329 g/mol. The minimum atomic E-state index is -0.183. The van der Waals surface area contributed by atoms with E-state index in [1.54, 1.807) is 11.3 Å². The molecule has 1 heterocycles. The van der Waals surface area contributed by atoms with Crippen molar-refractivity contribution in [2.45, 2.75) is 25.2 Å². The zero-order valence-corrected chi connectivity index (χ0v) is 13.4. The van der Waals surface area contributed by atoms with Gasteiger partial charge in [0.15, 0.2) is 5.75 Å². The first kappa shape index (κ1) is 14.7. The van der Waals surface area contributed by atoms with E-state index in [4.69, 9.17) is 23.2 Å². The van der Waals surface area contributed by atoms with E-state index in [0.717, 1.165) is 24.8 Å². The van der Waals surface area contributed by atoms with Crippen LogP contribution in [0.1, 0.15) is 29.2 Å². The number of halogens is 2. The summed E-state index contributed by atoms with van der Waals surface area (Å²) >= 11 is 13.5. The first-order valence-corrected chi connectivity index (χ1v) is 8.25. The summed E-state index contributed by atoms with van der Waals surface area (Å²) in [7, 11) is 0. The van der Waals surface area contributed by atoms with E-state index >= 15 is 0 Å². The fourth-order valence-corrected chi connectivity index (χ4v) is 4.12. The van der Waals surface area contributed by atoms with Crippen molar-refractivity contribution < 1.29 is 9.90 Å². The summed E-state index contributed by atoms with van der Waals surface area (Å²) in [5, 5.41) is 15.2. The molecule has 21 heavy (non-hydrogen) atoms. The van der Waals surface area contributed by atoms with Crippen LogP contribution in [0.5, 0.6) is 5.75 Å². The number of carbonyl (C=O) groups excluding carboxylic acids is 1. The summed E-state index contributed by atoms with van der Waals surface area (Å²) in [5.41, 5.74) is 1.34. The lowest BCUT2D eigenvalue weighted by molar-refractivity contribution is -0.117. The molecule has 0 bridgehead atoms. The number of hydrogen-bond donors (Lipinski definition) is 2. The Hall–Kier alpha value is -1.23. The third-order valence-electron chi connectivity index (χ3n) is 3.65. The largest absolute Gasteiger partial charge is 0.504 e. The lowest BCUT2D eigenvalue weighted by atomic mass is 9.87. The second-order valence-corrected chi connectivity index (χ2v) is 6.86. The first-order valence-electron chi connectivity index (χ1n) is 6.61. The third-order valence-corrected chi connectivity index (χ3v) is 5.16. The van der Waals surface area contributed by atoms with Gasteiger partial charge in [-0.25, -0.2) is 0 Å². The summed E-state index contributed by atoms with van der Waals surface area (Å²) in [6, 6.07) is 4.94. The summed E-state index contributed by atoms with van der Waals surface area (Å²) in [5.74, 6) is -0.476. The molecule has 0 radical (unpaired) electrons. The van der Waals surface area contributed by atoms with Crippen LogP contribution in [0.25, 0.3) is 0 Å². The van der Waals surface area contributed by atoms with Gasteiger partial charge in [-0.2, -0.15) is 0 Å². The molecule has 1 atom stereocenters. The first-order chi connectivity index (χ1) is 10.1. The second-order valence-electron chi connectivity index (χ2n) is 5.02. The van der Waals surface area contributed by atoms with Gasteiger partial charge in [-0.1, -0.05) is 23.2 Å². The fourth-order valence-electron chi connectivity index (χ4n) is 2.64. The van der Waals surface area contributed by atoms with Crippen molar-refractivity contribution in [2.75, 3.05) is 5.32 Å². The van der Waals surface area contributed by atoms with E-state index in [2.05, 4.69) is 5.32 Å². The highest BCUT2D eigenvalue weighted by molar-refractivity contribution is 7.10. The van der Waals surface area contributed by atoms with E-state index in [1.165, 1.54) is 17.0 Å². The van der Waals surface area contributed by atoms with Gasteiger partial charge >= 0.3 is 0 Å². The molecule has 6 heteroatoms. The summed E-state index contributed by atoms with van der Waals surface area (Å²) in [4.78, 5) is 13.8. The topological polar surface area (TPSA) is 49.3 Å². The zero-order chi connectivity index (χ0) is 15.0. The molecule has 1 aliphatic carbocycles. The number of amides is 1. The maximum Gasteiger partial charge on any atom is 0.232 e. The van der Waals surface area contributed by atoms with Crippen LogP contribution in [0.2, 0.25) is 10.0 Å². The molecule has 2 N–H and O–H groups in total. The number of thiophene rings is 1. The van der Waals surface area contributed by atoms with Crippen LogP contribution < -0.4 is 5.32 Å². The van der Waals surface area contributed by atoms with Crippen molar-refractivity contribution >= 4 is 46.1 Å². The molecule has 1 aromatic carbocycles. The molecule has 1 aromatic heterocycles. The third kappa shape index (κ3) is 2.89. The molecule has 1 amide bonds. The maximum absolute atomic E-state index is 12.5. The lowest BCUT2D eigenvalue weighted by Gasteiger charge is -2.22. The van der Waals surface area contributed by atoms with Crippen LogP contribution in [-0.4, -0.2) is 11.0 Å². The van der Waals surface area contributed by atoms with Gasteiger partial charge in [-0.05, 0) is 48.4 Å².